The van der Waals surface area contributed by atoms with Gasteiger partial charge in [0, 0.05) is 19.0 Å². The maximum absolute atomic E-state index is 12.2. The van der Waals surface area contributed by atoms with Crippen molar-refractivity contribution in [2.45, 2.75) is 12.8 Å². The lowest BCUT2D eigenvalue weighted by Crippen LogP contribution is -2.28. The van der Waals surface area contributed by atoms with E-state index in [9.17, 15) is 4.79 Å². The van der Waals surface area contributed by atoms with E-state index < -0.39 is 0 Å². The molecule has 1 heterocycles. The Kier molecular flexibility index (Phi) is 4.29. The van der Waals surface area contributed by atoms with Crippen molar-refractivity contribution in [1.82, 2.24) is 9.88 Å². The molecule has 3 heteroatoms. The molecule has 0 saturated carbocycles. The quantitative estimate of drug-likeness (QED) is 0.606. The van der Waals surface area contributed by atoms with Gasteiger partial charge in [0.25, 0.3) is 5.91 Å². The van der Waals surface area contributed by atoms with E-state index in [2.05, 4.69) is 11.6 Å². The number of para-hydroxylation sites is 1. The summed E-state index contributed by atoms with van der Waals surface area (Å²) in [6, 6.07) is 11.5. The topological polar surface area (TPSA) is 33.2 Å². The predicted octanol–water partition coefficient (Wildman–Crippen LogP) is 3.27. The molecule has 0 radical (unpaired) electrons. The summed E-state index contributed by atoms with van der Waals surface area (Å²) >= 11 is 0. The van der Waals surface area contributed by atoms with Gasteiger partial charge in [-0.1, -0.05) is 30.3 Å². The van der Waals surface area contributed by atoms with Crippen LogP contribution < -0.4 is 0 Å². The van der Waals surface area contributed by atoms with Crippen molar-refractivity contribution in [3.05, 3.63) is 54.7 Å². The summed E-state index contributed by atoms with van der Waals surface area (Å²) in [4.78, 5) is 18.3. The number of carbonyl (C=O) groups is 1. The number of aromatic nitrogens is 1. The van der Waals surface area contributed by atoms with Gasteiger partial charge in [-0.05, 0) is 25.0 Å². The molecule has 2 rings (SSSR count). The van der Waals surface area contributed by atoms with Gasteiger partial charge >= 0.3 is 0 Å². The van der Waals surface area contributed by atoms with E-state index in [1.165, 1.54) is 0 Å². The Labute approximate surface area is 113 Å². The summed E-state index contributed by atoms with van der Waals surface area (Å²) in [5, 5.41) is 1.05. The van der Waals surface area contributed by atoms with Crippen LogP contribution in [0.3, 0.4) is 0 Å². The van der Waals surface area contributed by atoms with Gasteiger partial charge in [0.15, 0.2) is 0 Å². The summed E-state index contributed by atoms with van der Waals surface area (Å²) in [6.45, 7) is 4.40. The van der Waals surface area contributed by atoms with Crippen molar-refractivity contribution < 1.29 is 4.79 Å². The lowest BCUT2D eigenvalue weighted by Gasteiger charge is -2.16. The minimum atomic E-state index is -0.0326. The average molecular weight is 254 g/mol. The molecule has 0 bridgehead atoms. The number of fused-ring (bicyclic) bond motifs is 1. The number of nitrogens with zero attached hydrogens (tertiary/aromatic N) is 2. The van der Waals surface area contributed by atoms with Crippen molar-refractivity contribution in [2.75, 3.05) is 13.6 Å². The molecule has 0 spiro atoms. The van der Waals surface area contributed by atoms with Crippen LogP contribution in [0.4, 0.5) is 0 Å². The first-order valence-electron chi connectivity index (χ1n) is 6.44. The SMILES string of the molecule is C=CCCCN(C)C(=O)c1ccc2ccccc2n1. The molecule has 0 unspecified atom stereocenters. The standard InChI is InChI=1S/C16H18N2O/c1-3-4-7-12-18(2)16(19)15-11-10-13-8-5-6-9-14(13)17-15/h3,5-6,8-11H,1,4,7,12H2,2H3. The number of benzene rings is 1. The number of hydrogen-bond acceptors (Lipinski definition) is 2. The fourth-order valence-corrected chi connectivity index (χ4v) is 1.96. The summed E-state index contributed by atoms with van der Waals surface area (Å²) in [5.41, 5.74) is 1.35. The first-order chi connectivity index (χ1) is 9.22. The van der Waals surface area contributed by atoms with E-state index in [1.807, 2.05) is 43.5 Å². The smallest absolute Gasteiger partial charge is 0.272 e. The number of carbonyl (C=O) groups excluding carboxylic acids is 1. The molecule has 0 aliphatic rings. The largest absolute Gasteiger partial charge is 0.340 e. The molecule has 3 nitrogen and oxygen atoms in total. The summed E-state index contributed by atoms with van der Waals surface area (Å²) in [6.07, 6.45) is 3.72. The molecule has 98 valence electrons. The first-order valence-corrected chi connectivity index (χ1v) is 6.44. The number of amides is 1. The molecule has 0 aliphatic carbocycles. The van der Waals surface area contributed by atoms with E-state index in [4.69, 9.17) is 0 Å². The lowest BCUT2D eigenvalue weighted by atomic mass is 10.2. The maximum Gasteiger partial charge on any atom is 0.272 e. The molecular weight excluding hydrogens is 236 g/mol. The maximum atomic E-state index is 12.2. The molecule has 0 fully saturated rings. The lowest BCUT2D eigenvalue weighted by molar-refractivity contribution is 0.0788. The van der Waals surface area contributed by atoms with Crippen LogP contribution in [0.5, 0.6) is 0 Å². The highest BCUT2D eigenvalue weighted by atomic mass is 16.2. The molecule has 2 aromatic rings. The summed E-state index contributed by atoms with van der Waals surface area (Å²) in [7, 11) is 1.81. The second-order valence-electron chi connectivity index (χ2n) is 4.55. The van der Waals surface area contributed by atoms with Gasteiger partial charge in [0.1, 0.15) is 5.69 Å². The van der Waals surface area contributed by atoms with E-state index >= 15 is 0 Å². The minimum absolute atomic E-state index is 0.0326. The molecular formula is C16H18N2O. The van der Waals surface area contributed by atoms with Gasteiger partial charge in [-0.25, -0.2) is 4.98 Å². The minimum Gasteiger partial charge on any atom is -0.340 e. The van der Waals surface area contributed by atoms with Gasteiger partial charge < -0.3 is 4.90 Å². The molecule has 19 heavy (non-hydrogen) atoms. The van der Waals surface area contributed by atoms with Crippen LogP contribution in [0.15, 0.2) is 49.1 Å². The van der Waals surface area contributed by atoms with E-state index in [0.717, 1.165) is 30.3 Å². The van der Waals surface area contributed by atoms with Crippen LogP contribution >= 0.6 is 0 Å². The van der Waals surface area contributed by atoms with Crippen LogP contribution in [0.25, 0.3) is 10.9 Å². The third-order valence-corrected chi connectivity index (χ3v) is 3.07. The van der Waals surface area contributed by atoms with Crippen LogP contribution in [0.2, 0.25) is 0 Å². The van der Waals surface area contributed by atoms with Crippen LogP contribution in [-0.2, 0) is 0 Å². The van der Waals surface area contributed by atoms with Crippen LogP contribution in [0.1, 0.15) is 23.3 Å². The van der Waals surface area contributed by atoms with E-state index in [1.54, 1.807) is 11.0 Å². The van der Waals surface area contributed by atoms with Crippen LogP contribution in [-0.4, -0.2) is 29.4 Å². The van der Waals surface area contributed by atoms with Crippen molar-refractivity contribution in [3.63, 3.8) is 0 Å². The third-order valence-electron chi connectivity index (χ3n) is 3.07. The Bertz CT molecular complexity index is 592. The number of allylic oxidation sites excluding steroid dienone is 1. The van der Waals surface area contributed by atoms with Crippen molar-refractivity contribution in [1.29, 1.82) is 0 Å². The first kappa shape index (κ1) is 13.3. The van der Waals surface area contributed by atoms with Gasteiger partial charge in [-0.2, -0.15) is 0 Å². The van der Waals surface area contributed by atoms with E-state index in [-0.39, 0.29) is 5.91 Å². The molecule has 0 atom stereocenters. The Hall–Kier alpha value is -2.16. The average Bonchev–Trinajstić information content (AvgIpc) is 2.46. The molecule has 1 aromatic carbocycles. The number of rotatable bonds is 5. The number of unbranched alkanes of at least 4 members (excludes halogenated alkanes) is 1. The van der Waals surface area contributed by atoms with Crippen LogP contribution in [0, 0.1) is 0 Å². The fraction of sp³-hybridized carbons (Fsp3) is 0.250. The van der Waals surface area contributed by atoms with Crippen molar-refractivity contribution in [3.8, 4) is 0 Å². The van der Waals surface area contributed by atoms with Crippen molar-refractivity contribution >= 4 is 16.8 Å². The second kappa shape index (κ2) is 6.14. The Morgan fingerprint density at radius 1 is 1.32 bits per heavy atom. The third kappa shape index (κ3) is 3.19. The zero-order valence-corrected chi connectivity index (χ0v) is 11.2. The molecule has 0 saturated heterocycles. The molecule has 1 aromatic heterocycles. The fourth-order valence-electron chi connectivity index (χ4n) is 1.96. The highest BCUT2D eigenvalue weighted by molar-refractivity contribution is 5.94. The molecule has 1 amide bonds. The number of hydrogen-bond donors (Lipinski definition) is 0. The highest BCUT2D eigenvalue weighted by Crippen LogP contribution is 2.12. The van der Waals surface area contributed by atoms with E-state index in [0.29, 0.717) is 5.69 Å². The zero-order chi connectivity index (χ0) is 13.7. The summed E-state index contributed by atoms with van der Waals surface area (Å²) in [5.74, 6) is -0.0326. The van der Waals surface area contributed by atoms with Gasteiger partial charge in [-0.3, -0.25) is 4.79 Å². The predicted molar refractivity (Wildman–Crippen MR) is 78.1 cm³/mol. The highest BCUT2D eigenvalue weighted by Gasteiger charge is 2.12. The zero-order valence-electron chi connectivity index (χ0n) is 11.2. The summed E-state index contributed by atoms with van der Waals surface area (Å²) < 4.78 is 0. The monoisotopic (exact) mass is 254 g/mol. The van der Waals surface area contributed by atoms with Gasteiger partial charge in [0.2, 0.25) is 0 Å². The van der Waals surface area contributed by atoms with Gasteiger partial charge in [-0.15, -0.1) is 6.58 Å². The molecule has 0 N–H and O–H groups in total. The van der Waals surface area contributed by atoms with Gasteiger partial charge in [0.05, 0.1) is 5.52 Å². The Balaban J connectivity index is 2.14. The Morgan fingerprint density at radius 3 is 2.89 bits per heavy atom. The molecule has 0 aliphatic heterocycles. The number of pyridine rings is 1. The van der Waals surface area contributed by atoms with Crippen molar-refractivity contribution in [2.24, 2.45) is 0 Å². The second-order valence-corrected chi connectivity index (χ2v) is 4.55. The Morgan fingerprint density at radius 2 is 2.11 bits per heavy atom. The normalized spacial score (nSPS) is 10.4.